The van der Waals surface area contributed by atoms with E-state index in [2.05, 4.69) is 5.32 Å². The van der Waals surface area contributed by atoms with Crippen LogP contribution in [0.25, 0.3) is 0 Å². The second-order valence-corrected chi connectivity index (χ2v) is 8.82. The lowest BCUT2D eigenvalue weighted by molar-refractivity contribution is -0.133. The number of carbonyl (C=O) groups is 2. The number of ether oxygens (including phenoxy) is 1. The second-order valence-electron chi connectivity index (χ2n) is 8.82. The molecule has 5 nitrogen and oxygen atoms in total. The Morgan fingerprint density at radius 2 is 1.70 bits per heavy atom. The van der Waals surface area contributed by atoms with Gasteiger partial charge in [-0.15, -0.1) is 0 Å². The van der Waals surface area contributed by atoms with Crippen LogP contribution in [0.15, 0.2) is 0 Å². The number of carbonyl (C=O) groups excluding carboxylic acids is 2. The molecule has 4 bridgehead atoms. The molecule has 0 aromatic rings. The average Bonchev–Trinajstić information content (AvgIpc) is 2.66. The van der Waals surface area contributed by atoms with Gasteiger partial charge in [0.2, 0.25) is 0 Å². The van der Waals surface area contributed by atoms with Crippen LogP contribution in [0, 0.1) is 23.2 Å². The molecule has 0 radical (unpaired) electrons. The van der Waals surface area contributed by atoms with Crippen LogP contribution in [0.1, 0.15) is 51.9 Å². The van der Waals surface area contributed by atoms with Gasteiger partial charge in [0.15, 0.2) is 0 Å². The number of nitrogens with one attached hydrogen (secondary N) is 1. The summed E-state index contributed by atoms with van der Waals surface area (Å²) in [5.74, 6) is 2.59. The number of nitrogens with zero attached hydrogens (tertiary/aromatic N) is 1. The van der Waals surface area contributed by atoms with Crippen LogP contribution in [0.4, 0.5) is 4.79 Å². The first-order valence-corrected chi connectivity index (χ1v) is 9.06. The zero-order chi connectivity index (χ0) is 16.2. The van der Waals surface area contributed by atoms with Crippen LogP contribution >= 0.6 is 0 Å². The number of imide groups is 1. The molecule has 1 aliphatic heterocycles. The molecular weight excluding hydrogens is 292 g/mol. The summed E-state index contributed by atoms with van der Waals surface area (Å²) in [6, 6.07) is -0.251. The van der Waals surface area contributed by atoms with E-state index in [9.17, 15) is 9.59 Å². The maximum Gasteiger partial charge on any atom is 0.325 e. The summed E-state index contributed by atoms with van der Waals surface area (Å²) in [7, 11) is 1.56. The predicted molar refractivity (Wildman–Crippen MR) is 85.7 cm³/mol. The molecule has 5 heteroatoms. The largest absolute Gasteiger partial charge is 0.382 e. The van der Waals surface area contributed by atoms with Crippen LogP contribution < -0.4 is 5.32 Å². The fourth-order valence-electron chi connectivity index (χ4n) is 6.28. The highest BCUT2D eigenvalue weighted by Gasteiger charge is 2.52. The Balaban J connectivity index is 1.43. The number of rotatable bonds is 5. The lowest BCUT2D eigenvalue weighted by Crippen LogP contribution is -2.49. The van der Waals surface area contributed by atoms with Crippen molar-refractivity contribution in [3.63, 3.8) is 0 Å². The fourth-order valence-corrected chi connectivity index (χ4v) is 6.28. The Hall–Kier alpha value is -1.10. The maximum atomic E-state index is 12.6. The van der Waals surface area contributed by atoms with Gasteiger partial charge in [0, 0.05) is 13.7 Å². The number of amides is 3. The Morgan fingerprint density at radius 3 is 2.22 bits per heavy atom. The monoisotopic (exact) mass is 320 g/mol. The van der Waals surface area contributed by atoms with Gasteiger partial charge in [0.25, 0.3) is 5.91 Å². The molecule has 0 aromatic heterocycles. The molecule has 1 saturated heterocycles. The first-order chi connectivity index (χ1) is 10.9. The van der Waals surface area contributed by atoms with Gasteiger partial charge >= 0.3 is 6.03 Å². The molecule has 1 atom stereocenters. The van der Waals surface area contributed by atoms with E-state index in [1.165, 1.54) is 43.4 Å². The fraction of sp³-hybridized carbons (Fsp3) is 0.889. The lowest BCUT2D eigenvalue weighted by Gasteiger charge is -2.57. The summed E-state index contributed by atoms with van der Waals surface area (Å²) in [6.45, 7) is 2.54. The first-order valence-electron chi connectivity index (χ1n) is 9.06. The van der Waals surface area contributed by atoms with Gasteiger partial charge in [-0.05, 0) is 75.0 Å². The third-order valence-electron chi connectivity index (χ3n) is 6.81. The Labute approximate surface area is 138 Å². The van der Waals surface area contributed by atoms with Crippen molar-refractivity contribution in [2.75, 3.05) is 20.3 Å². The van der Waals surface area contributed by atoms with Crippen molar-refractivity contribution >= 4 is 11.9 Å². The third-order valence-corrected chi connectivity index (χ3v) is 6.81. The molecule has 128 valence electrons. The zero-order valence-electron chi connectivity index (χ0n) is 14.3. The molecule has 5 rings (SSSR count). The minimum absolute atomic E-state index is 0.130. The standard InChI is InChI=1S/C18H28N2O3/c1-17(11-23-2)15(21)20(16(22)19-17)4-3-18-8-12-5-13(9-18)7-14(6-12)10-18/h12-14H,3-11H2,1-2H3,(H,19,22)/t12?,13?,14?,17-,18?/m0/s1. The van der Waals surface area contributed by atoms with E-state index >= 15 is 0 Å². The van der Waals surface area contributed by atoms with Gasteiger partial charge in [0.05, 0.1) is 6.61 Å². The lowest BCUT2D eigenvalue weighted by atomic mass is 9.49. The number of hydrogen-bond donors (Lipinski definition) is 1. The minimum atomic E-state index is -0.896. The highest BCUT2D eigenvalue weighted by Crippen LogP contribution is 2.61. The number of hydrogen-bond acceptors (Lipinski definition) is 3. The average molecular weight is 320 g/mol. The first kappa shape index (κ1) is 15.4. The van der Waals surface area contributed by atoms with Crippen molar-refractivity contribution in [3.8, 4) is 0 Å². The molecule has 1 heterocycles. The molecule has 1 N–H and O–H groups in total. The van der Waals surface area contributed by atoms with Gasteiger partial charge < -0.3 is 10.1 Å². The summed E-state index contributed by atoms with van der Waals surface area (Å²) in [4.78, 5) is 26.3. The van der Waals surface area contributed by atoms with E-state index in [1.807, 2.05) is 0 Å². The molecule has 5 fully saturated rings. The van der Waals surface area contributed by atoms with Crippen molar-refractivity contribution in [2.45, 2.75) is 57.4 Å². The van der Waals surface area contributed by atoms with E-state index in [0.29, 0.717) is 12.0 Å². The second kappa shape index (κ2) is 5.20. The summed E-state index contributed by atoms with van der Waals surface area (Å²) >= 11 is 0. The van der Waals surface area contributed by atoms with Gasteiger partial charge in [-0.3, -0.25) is 9.69 Å². The molecule has 4 saturated carbocycles. The molecule has 3 amide bonds. The van der Waals surface area contributed by atoms with E-state index in [0.717, 1.165) is 24.2 Å². The Morgan fingerprint density at radius 1 is 1.13 bits per heavy atom. The zero-order valence-corrected chi connectivity index (χ0v) is 14.3. The summed E-state index contributed by atoms with van der Waals surface area (Å²) in [5, 5.41) is 2.80. The highest BCUT2D eigenvalue weighted by molar-refractivity contribution is 6.06. The van der Waals surface area contributed by atoms with Crippen molar-refractivity contribution in [1.82, 2.24) is 10.2 Å². The summed E-state index contributed by atoms with van der Waals surface area (Å²) < 4.78 is 5.11. The smallest absolute Gasteiger partial charge is 0.325 e. The van der Waals surface area contributed by atoms with Gasteiger partial charge in [-0.1, -0.05) is 0 Å². The topological polar surface area (TPSA) is 58.6 Å². The van der Waals surface area contributed by atoms with Crippen LogP contribution in [0.2, 0.25) is 0 Å². The molecule has 0 aromatic carbocycles. The Kier molecular flexibility index (Phi) is 3.49. The summed E-state index contributed by atoms with van der Waals surface area (Å²) in [5.41, 5.74) is -0.497. The van der Waals surface area contributed by atoms with Crippen molar-refractivity contribution in [1.29, 1.82) is 0 Å². The van der Waals surface area contributed by atoms with Crippen LogP contribution in [0.5, 0.6) is 0 Å². The minimum Gasteiger partial charge on any atom is -0.382 e. The number of methoxy groups -OCH3 is 1. The van der Waals surface area contributed by atoms with E-state index in [-0.39, 0.29) is 18.5 Å². The number of urea groups is 1. The van der Waals surface area contributed by atoms with Crippen molar-refractivity contribution in [3.05, 3.63) is 0 Å². The third kappa shape index (κ3) is 2.48. The molecule has 4 aliphatic carbocycles. The quantitative estimate of drug-likeness (QED) is 0.792. The van der Waals surface area contributed by atoms with Crippen molar-refractivity contribution in [2.24, 2.45) is 23.2 Å². The van der Waals surface area contributed by atoms with Crippen LogP contribution in [0.3, 0.4) is 0 Å². The van der Waals surface area contributed by atoms with E-state index in [4.69, 9.17) is 4.74 Å². The van der Waals surface area contributed by atoms with E-state index < -0.39 is 5.54 Å². The molecule has 23 heavy (non-hydrogen) atoms. The van der Waals surface area contributed by atoms with E-state index in [1.54, 1.807) is 14.0 Å². The molecule has 0 spiro atoms. The molecular formula is C18H28N2O3. The van der Waals surface area contributed by atoms with Gasteiger partial charge in [-0.2, -0.15) is 0 Å². The highest BCUT2D eigenvalue weighted by atomic mass is 16.5. The molecule has 5 aliphatic rings. The van der Waals surface area contributed by atoms with Gasteiger partial charge in [0.1, 0.15) is 5.54 Å². The summed E-state index contributed by atoms with van der Waals surface area (Å²) in [6.07, 6.45) is 9.21. The van der Waals surface area contributed by atoms with Crippen LogP contribution in [-0.4, -0.2) is 42.6 Å². The van der Waals surface area contributed by atoms with Crippen LogP contribution in [-0.2, 0) is 9.53 Å². The normalized spacial score (nSPS) is 45.0. The molecule has 0 unspecified atom stereocenters. The predicted octanol–water partition coefficient (Wildman–Crippen LogP) is 2.55. The van der Waals surface area contributed by atoms with Gasteiger partial charge in [-0.25, -0.2) is 4.79 Å². The Bertz CT molecular complexity index is 497. The van der Waals surface area contributed by atoms with Crippen molar-refractivity contribution < 1.29 is 14.3 Å². The maximum absolute atomic E-state index is 12.6. The SMILES string of the molecule is COC[C@]1(C)NC(=O)N(CCC23CC4CC(CC(C4)C2)C3)C1=O.